The lowest BCUT2D eigenvalue weighted by Crippen LogP contribution is -2.36. The van der Waals surface area contributed by atoms with Crippen LogP contribution < -0.4 is 4.74 Å². The van der Waals surface area contributed by atoms with Crippen LogP contribution in [-0.2, 0) is 6.54 Å². The Bertz CT molecular complexity index is 466. The van der Waals surface area contributed by atoms with Gasteiger partial charge in [0.05, 0.1) is 7.11 Å². The molecule has 2 saturated heterocycles. The topological polar surface area (TPSA) is 15.7 Å². The van der Waals surface area contributed by atoms with Crippen molar-refractivity contribution >= 4 is 15.9 Å². The fourth-order valence-corrected chi connectivity index (χ4v) is 3.95. The number of fused-ring (bicyclic) bond motifs is 1. The molecule has 110 valence electrons. The van der Waals surface area contributed by atoms with Gasteiger partial charge in [-0.15, -0.1) is 0 Å². The van der Waals surface area contributed by atoms with E-state index in [4.69, 9.17) is 4.74 Å². The molecule has 1 aromatic rings. The van der Waals surface area contributed by atoms with Crippen LogP contribution in [0.3, 0.4) is 0 Å². The van der Waals surface area contributed by atoms with E-state index in [1.54, 1.807) is 7.11 Å². The minimum Gasteiger partial charge on any atom is -0.496 e. The van der Waals surface area contributed by atoms with Crippen molar-refractivity contribution in [1.82, 2.24) is 9.80 Å². The van der Waals surface area contributed by atoms with Crippen LogP contribution in [-0.4, -0.2) is 49.1 Å². The summed E-state index contributed by atoms with van der Waals surface area (Å²) in [7, 11) is 1.76. The Morgan fingerprint density at radius 1 is 1.25 bits per heavy atom. The van der Waals surface area contributed by atoms with Gasteiger partial charge in [-0.05, 0) is 57.1 Å². The first kappa shape index (κ1) is 14.4. The molecule has 0 radical (unpaired) electrons. The average molecular weight is 339 g/mol. The van der Waals surface area contributed by atoms with Crippen molar-refractivity contribution < 1.29 is 4.74 Å². The zero-order chi connectivity index (χ0) is 13.9. The molecule has 20 heavy (non-hydrogen) atoms. The summed E-state index contributed by atoms with van der Waals surface area (Å²) < 4.78 is 6.63. The fourth-order valence-electron chi connectivity index (χ4n) is 3.54. The van der Waals surface area contributed by atoms with Crippen LogP contribution in [0.15, 0.2) is 22.7 Å². The maximum absolute atomic E-state index is 5.50. The van der Waals surface area contributed by atoms with Gasteiger partial charge in [0.15, 0.2) is 0 Å². The van der Waals surface area contributed by atoms with Gasteiger partial charge in [-0.1, -0.05) is 15.9 Å². The molecule has 2 heterocycles. The third-order valence-electron chi connectivity index (χ3n) is 4.52. The van der Waals surface area contributed by atoms with Crippen molar-refractivity contribution in [2.75, 3.05) is 33.3 Å². The van der Waals surface area contributed by atoms with Crippen molar-refractivity contribution in [3.05, 3.63) is 28.2 Å². The first-order valence-electron chi connectivity index (χ1n) is 7.55. The van der Waals surface area contributed by atoms with E-state index >= 15 is 0 Å². The Balaban J connectivity index is 1.72. The Hall–Kier alpha value is -0.580. The molecule has 1 atom stereocenters. The third kappa shape index (κ3) is 3.18. The minimum absolute atomic E-state index is 0.774. The first-order valence-corrected chi connectivity index (χ1v) is 8.34. The zero-order valence-corrected chi connectivity index (χ0v) is 13.7. The van der Waals surface area contributed by atoms with Crippen LogP contribution in [0.4, 0.5) is 0 Å². The van der Waals surface area contributed by atoms with Gasteiger partial charge < -0.3 is 4.74 Å². The predicted octanol–water partition coefficient (Wildman–Crippen LogP) is 3.13. The summed E-state index contributed by atoms with van der Waals surface area (Å²) in [5, 5.41) is 0. The molecule has 2 aliphatic rings. The number of nitrogens with zero attached hydrogens (tertiary/aromatic N) is 2. The molecule has 0 amide bonds. The van der Waals surface area contributed by atoms with Crippen LogP contribution >= 0.6 is 15.9 Å². The van der Waals surface area contributed by atoms with Gasteiger partial charge in [-0.25, -0.2) is 0 Å². The van der Waals surface area contributed by atoms with Gasteiger partial charge in [0.25, 0.3) is 0 Å². The van der Waals surface area contributed by atoms with E-state index in [9.17, 15) is 0 Å². The van der Waals surface area contributed by atoms with E-state index in [-0.39, 0.29) is 0 Å². The second-order valence-corrected chi connectivity index (χ2v) is 6.79. The summed E-state index contributed by atoms with van der Waals surface area (Å²) in [6, 6.07) is 7.06. The second-order valence-electron chi connectivity index (χ2n) is 5.88. The standard InChI is InChI=1S/C16H23BrN2O/c1-20-16-6-5-14(17)10-13(16)11-18-7-3-9-19-8-2-4-15(19)12-18/h5-6,10,15H,2-4,7-9,11-12H2,1H3/t15-/m0/s1. The number of rotatable bonds is 3. The summed E-state index contributed by atoms with van der Waals surface area (Å²) in [6.07, 6.45) is 4.03. The highest BCUT2D eigenvalue weighted by Gasteiger charge is 2.28. The van der Waals surface area contributed by atoms with Crippen molar-refractivity contribution in [1.29, 1.82) is 0 Å². The van der Waals surface area contributed by atoms with E-state index in [1.165, 1.54) is 51.0 Å². The molecule has 3 rings (SSSR count). The summed E-state index contributed by atoms with van der Waals surface area (Å²) in [4.78, 5) is 5.28. The van der Waals surface area contributed by atoms with Gasteiger partial charge >= 0.3 is 0 Å². The number of hydrogen-bond acceptors (Lipinski definition) is 3. The molecule has 0 aliphatic carbocycles. The Kier molecular flexibility index (Phi) is 4.64. The van der Waals surface area contributed by atoms with Crippen LogP contribution in [0.5, 0.6) is 5.75 Å². The SMILES string of the molecule is COc1ccc(Br)cc1CN1CCCN2CCC[C@H]2C1. The Labute approximate surface area is 130 Å². The molecule has 0 bridgehead atoms. The number of methoxy groups -OCH3 is 1. The van der Waals surface area contributed by atoms with E-state index in [0.717, 1.165) is 22.8 Å². The smallest absolute Gasteiger partial charge is 0.123 e. The number of hydrogen-bond donors (Lipinski definition) is 0. The van der Waals surface area contributed by atoms with Crippen LogP contribution in [0.1, 0.15) is 24.8 Å². The maximum atomic E-state index is 5.50. The van der Waals surface area contributed by atoms with E-state index in [2.05, 4.69) is 37.9 Å². The molecular weight excluding hydrogens is 316 g/mol. The maximum Gasteiger partial charge on any atom is 0.123 e. The van der Waals surface area contributed by atoms with Gasteiger partial charge in [0, 0.05) is 29.2 Å². The fraction of sp³-hybridized carbons (Fsp3) is 0.625. The molecular formula is C16H23BrN2O. The predicted molar refractivity (Wildman–Crippen MR) is 85.2 cm³/mol. The molecule has 0 N–H and O–H groups in total. The molecule has 2 aliphatic heterocycles. The average Bonchev–Trinajstić information content (AvgIpc) is 2.78. The normalized spacial score (nSPS) is 24.4. The Morgan fingerprint density at radius 3 is 2.95 bits per heavy atom. The first-order chi connectivity index (χ1) is 9.76. The van der Waals surface area contributed by atoms with E-state index < -0.39 is 0 Å². The monoisotopic (exact) mass is 338 g/mol. The highest BCUT2D eigenvalue weighted by atomic mass is 79.9. The molecule has 3 nitrogen and oxygen atoms in total. The van der Waals surface area contributed by atoms with Crippen molar-refractivity contribution in [3.63, 3.8) is 0 Å². The Morgan fingerprint density at radius 2 is 2.10 bits per heavy atom. The molecule has 1 aromatic carbocycles. The minimum atomic E-state index is 0.774. The quantitative estimate of drug-likeness (QED) is 0.842. The number of ether oxygens (including phenoxy) is 1. The van der Waals surface area contributed by atoms with Crippen molar-refractivity contribution in [2.24, 2.45) is 0 Å². The molecule has 0 saturated carbocycles. The van der Waals surface area contributed by atoms with Gasteiger partial charge in [-0.2, -0.15) is 0 Å². The highest BCUT2D eigenvalue weighted by molar-refractivity contribution is 9.10. The summed E-state index contributed by atoms with van der Waals surface area (Å²) in [5.74, 6) is 1.00. The number of benzene rings is 1. The lowest BCUT2D eigenvalue weighted by atomic mass is 10.1. The lowest BCUT2D eigenvalue weighted by molar-refractivity contribution is 0.214. The summed E-state index contributed by atoms with van der Waals surface area (Å²) >= 11 is 3.57. The van der Waals surface area contributed by atoms with Gasteiger partial charge in [-0.3, -0.25) is 9.80 Å². The third-order valence-corrected chi connectivity index (χ3v) is 5.02. The van der Waals surface area contributed by atoms with Crippen LogP contribution in [0.2, 0.25) is 0 Å². The van der Waals surface area contributed by atoms with E-state index in [0.29, 0.717) is 0 Å². The number of halogens is 1. The van der Waals surface area contributed by atoms with Crippen LogP contribution in [0.25, 0.3) is 0 Å². The van der Waals surface area contributed by atoms with Crippen molar-refractivity contribution in [3.8, 4) is 5.75 Å². The largest absolute Gasteiger partial charge is 0.496 e. The second kappa shape index (κ2) is 6.46. The molecule has 4 heteroatoms. The molecule has 0 unspecified atom stereocenters. The highest BCUT2D eigenvalue weighted by Crippen LogP contribution is 2.27. The van der Waals surface area contributed by atoms with Gasteiger partial charge in [0.2, 0.25) is 0 Å². The summed E-state index contributed by atoms with van der Waals surface area (Å²) in [5.41, 5.74) is 1.29. The zero-order valence-electron chi connectivity index (χ0n) is 12.1. The summed E-state index contributed by atoms with van der Waals surface area (Å²) in [6.45, 7) is 5.97. The molecule has 0 aromatic heterocycles. The lowest BCUT2D eigenvalue weighted by Gasteiger charge is -2.26. The van der Waals surface area contributed by atoms with Crippen molar-refractivity contribution in [2.45, 2.75) is 31.8 Å². The molecule has 2 fully saturated rings. The van der Waals surface area contributed by atoms with E-state index in [1.807, 2.05) is 6.07 Å². The molecule has 0 spiro atoms. The van der Waals surface area contributed by atoms with Gasteiger partial charge in [0.1, 0.15) is 5.75 Å². The van der Waals surface area contributed by atoms with Crippen LogP contribution in [0, 0.1) is 0 Å².